The van der Waals surface area contributed by atoms with Crippen molar-refractivity contribution < 1.29 is 4.74 Å². The van der Waals surface area contributed by atoms with E-state index in [1.807, 2.05) is 57.3 Å². The van der Waals surface area contributed by atoms with E-state index in [4.69, 9.17) is 4.74 Å². The molecule has 1 unspecified atom stereocenters. The highest BCUT2D eigenvalue weighted by Crippen LogP contribution is 2.28. The lowest BCUT2D eigenvalue weighted by Crippen LogP contribution is -2.19. The Balaban J connectivity index is 0.000000491. The first-order chi connectivity index (χ1) is 10.1. The van der Waals surface area contributed by atoms with Crippen molar-refractivity contribution in [2.75, 3.05) is 14.2 Å². The molecular formula is C18H24N2O. The highest BCUT2D eigenvalue weighted by molar-refractivity contribution is 5.39. The lowest BCUT2D eigenvalue weighted by molar-refractivity contribution is 0.405. The standard InChI is InChI=1S/C14H16N2O.C4H8/c1-15-14(12-8-5-6-10-16-12)11-7-3-4-9-13(11)17-2;1-4(2)3/h3-10,14-15H,1-2H3;1H2,2-3H3. The predicted molar refractivity (Wildman–Crippen MR) is 88.6 cm³/mol. The van der Waals surface area contributed by atoms with Crippen molar-refractivity contribution in [2.45, 2.75) is 19.9 Å². The van der Waals surface area contributed by atoms with Gasteiger partial charge in [0, 0.05) is 11.8 Å². The first-order valence-corrected chi connectivity index (χ1v) is 6.93. The Bertz CT molecular complexity index is 548. The maximum Gasteiger partial charge on any atom is 0.124 e. The van der Waals surface area contributed by atoms with Crippen LogP contribution in [0.1, 0.15) is 31.1 Å². The third-order valence-corrected chi connectivity index (χ3v) is 2.72. The van der Waals surface area contributed by atoms with Gasteiger partial charge in [0.15, 0.2) is 0 Å². The van der Waals surface area contributed by atoms with Crippen LogP contribution in [0.4, 0.5) is 0 Å². The molecule has 0 aliphatic heterocycles. The predicted octanol–water partition coefficient (Wildman–Crippen LogP) is 3.98. The molecule has 3 heteroatoms. The monoisotopic (exact) mass is 284 g/mol. The van der Waals surface area contributed by atoms with Crippen molar-refractivity contribution >= 4 is 0 Å². The molecule has 1 aromatic carbocycles. The molecule has 112 valence electrons. The Morgan fingerprint density at radius 1 is 1.14 bits per heavy atom. The summed E-state index contributed by atoms with van der Waals surface area (Å²) in [5.74, 6) is 0.873. The molecule has 0 aliphatic rings. The van der Waals surface area contributed by atoms with Crippen molar-refractivity contribution in [3.8, 4) is 5.75 Å². The van der Waals surface area contributed by atoms with Crippen LogP contribution in [0, 0.1) is 0 Å². The van der Waals surface area contributed by atoms with Crippen molar-refractivity contribution in [3.05, 3.63) is 72.1 Å². The molecule has 0 spiro atoms. The van der Waals surface area contributed by atoms with Crippen LogP contribution in [0.25, 0.3) is 0 Å². The van der Waals surface area contributed by atoms with Crippen molar-refractivity contribution in [1.82, 2.24) is 10.3 Å². The summed E-state index contributed by atoms with van der Waals surface area (Å²) in [6.07, 6.45) is 1.80. The van der Waals surface area contributed by atoms with Crippen molar-refractivity contribution in [2.24, 2.45) is 0 Å². The number of pyridine rings is 1. The molecule has 0 saturated heterocycles. The van der Waals surface area contributed by atoms with Gasteiger partial charge in [-0.05, 0) is 39.1 Å². The number of hydrogen-bond acceptors (Lipinski definition) is 3. The largest absolute Gasteiger partial charge is 0.496 e. The number of hydrogen-bond donors (Lipinski definition) is 1. The fourth-order valence-electron chi connectivity index (χ4n) is 1.91. The van der Waals surface area contributed by atoms with Crippen LogP contribution in [0.3, 0.4) is 0 Å². The van der Waals surface area contributed by atoms with Crippen LogP contribution in [0.2, 0.25) is 0 Å². The summed E-state index contributed by atoms with van der Waals surface area (Å²) in [5.41, 5.74) is 3.25. The molecule has 0 aliphatic carbocycles. The number of ether oxygens (including phenoxy) is 1. The maximum absolute atomic E-state index is 5.38. The summed E-state index contributed by atoms with van der Waals surface area (Å²) in [7, 11) is 3.61. The van der Waals surface area contributed by atoms with Crippen LogP contribution < -0.4 is 10.1 Å². The topological polar surface area (TPSA) is 34.2 Å². The Hall–Kier alpha value is -2.13. The number of nitrogens with zero attached hydrogens (tertiary/aromatic N) is 1. The highest BCUT2D eigenvalue weighted by Gasteiger charge is 2.16. The number of nitrogens with one attached hydrogen (secondary N) is 1. The summed E-state index contributed by atoms with van der Waals surface area (Å²) >= 11 is 0. The first-order valence-electron chi connectivity index (χ1n) is 6.93. The summed E-state index contributed by atoms with van der Waals surface area (Å²) in [6, 6.07) is 13.9. The van der Waals surface area contributed by atoms with Gasteiger partial charge in [0.05, 0.1) is 18.8 Å². The highest BCUT2D eigenvalue weighted by atomic mass is 16.5. The lowest BCUT2D eigenvalue weighted by atomic mass is 10.0. The van der Waals surface area contributed by atoms with Gasteiger partial charge in [0.25, 0.3) is 0 Å². The Kier molecular flexibility index (Phi) is 7.19. The second kappa shape index (κ2) is 8.93. The van der Waals surface area contributed by atoms with E-state index < -0.39 is 0 Å². The average Bonchev–Trinajstić information content (AvgIpc) is 2.49. The molecule has 1 heterocycles. The van der Waals surface area contributed by atoms with Gasteiger partial charge >= 0.3 is 0 Å². The molecule has 3 nitrogen and oxygen atoms in total. The Morgan fingerprint density at radius 2 is 1.76 bits per heavy atom. The summed E-state index contributed by atoms with van der Waals surface area (Å²) < 4.78 is 5.38. The number of allylic oxidation sites excluding steroid dienone is 1. The second-order valence-corrected chi connectivity index (χ2v) is 4.93. The van der Waals surface area contributed by atoms with E-state index in [1.165, 1.54) is 5.57 Å². The zero-order chi connectivity index (χ0) is 15.7. The molecule has 1 N–H and O–H groups in total. The summed E-state index contributed by atoms with van der Waals surface area (Å²) in [5, 5.41) is 3.27. The molecule has 0 fully saturated rings. The fourth-order valence-corrected chi connectivity index (χ4v) is 1.91. The Labute approximate surface area is 127 Å². The second-order valence-electron chi connectivity index (χ2n) is 4.93. The quantitative estimate of drug-likeness (QED) is 0.862. The van der Waals surface area contributed by atoms with Crippen LogP contribution in [-0.2, 0) is 0 Å². The number of benzene rings is 1. The lowest BCUT2D eigenvalue weighted by Gasteiger charge is -2.18. The van der Waals surface area contributed by atoms with Crippen molar-refractivity contribution in [1.29, 1.82) is 0 Å². The van der Waals surface area contributed by atoms with E-state index >= 15 is 0 Å². The molecule has 1 atom stereocenters. The van der Waals surface area contributed by atoms with Crippen LogP contribution in [0.15, 0.2) is 60.8 Å². The normalized spacial score (nSPS) is 11.0. The minimum atomic E-state index is 0.0485. The SMILES string of the molecule is C=C(C)C.CNC(c1ccccn1)c1ccccc1OC. The Morgan fingerprint density at radius 3 is 2.29 bits per heavy atom. The molecule has 0 amide bonds. The molecule has 0 bridgehead atoms. The van der Waals surface area contributed by atoms with Gasteiger partial charge in [0.1, 0.15) is 5.75 Å². The minimum Gasteiger partial charge on any atom is -0.496 e. The van der Waals surface area contributed by atoms with Crippen LogP contribution in [0.5, 0.6) is 5.75 Å². The van der Waals surface area contributed by atoms with E-state index in [0.29, 0.717) is 0 Å². The van der Waals surface area contributed by atoms with E-state index in [9.17, 15) is 0 Å². The van der Waals surface area contributed by atoms with Gasteiger partial charge in [0.2, 0.25) is 0 Å². The first kappa shape index (κ1) is 16.9. The molecule has 0 saturated carbocycles. The van der Waals surface area contributed by atoms with E-state index in [-0.39, 0.29) is 6.04 Å². The molecule has 1 aromatic heterocycles. The minimum absolute atomic E-state index is 0.0485. The van der Waals surface area contributed by atoms with Gasteiger partial charge in [-0.2, -0.15) is 0 Å². The van der Waals surface area contributed by atoms with Gasteiger partial charge in [-0.25, -0.2) is 0 Å². The third kappa shape index (κ3) is 5.40. The molecule has 2 rings (SSSR count). The third-order valence-electron chi connectivity index (χ3n) is 2.72. The number of aromatic nitrogens is 1. The zero-order valence-electron chi connectivity index (χ0n) is 13.3. The van der Waals surface area contributed by atoms with Gasteiger partial charge in [-0.1, -0.05) is 29.8 Å². The van der Waals surface area contributed by atoms with E-state index in [2.05, 4.69) is 22.9 Å². The average molecular weight is 284 g/mol. The smallest absolute Gasteiger partial charge is 0.124 e. The van der Waals surface area contributed by atoms with E-state index in [1.54, 1.807) is 13.3 Å². The molecular weight excluding hydrogens is 260 g/mol. The summed E-state index contributed by atoms with van der Waals surface area (Å²) in [6.45, 7) is 7.50. The van der Waals surface area contributed by atoms with Gasteiger partial charge in [-0.15, -0.1) is 6.58 Å². The van der Waals surface area contributed by atoms with Crippen LogP contribution >= 0.6 is 0 Å². The fraction of sp³-hybridized carbons (Fsp3) is 0.278. The number of para-hydroxylation sites is 1. The molecule has 2 aromatic rings. The molecule has 21 heavy (non-hydrogen) atoms. The zero-order valence-corrected chi connectivity index (χ0v) is 13.3. The van der Waals surface area contributed by atoms with E-state index in [0.717, 1.165) is 17.0 Å². The summed E-state index contributed by atoms with van der Waals surface area (Å²) in [4.78, 5) is 4.38. The van der Waals surface area contributed by atoms with Crippen molar-refractivity contribution in [3.63, 3.8) is 0 Å². The number of rotatable bonds is 4. The maximum atomic E-state index is 5.38. The van der Waals surface area contributed by atoms with Crippen LogP contribution in [-0.4, -0.2) is 19.1 Å². The number of methoxy groups -OCH3 is 1. The van der Waals surface area contributed by atoms with Gasteiger partial charge in [-0.3, -0.25) is 4.98 Å². The molecule has 0 radical (unpaired) electrons. The van der Waals surface area contributed by atoms with Gasteiger partial charge < -0.3 is 10.1 Å².